The highest BCUT2D eigenvalue weighted by Crippen LogP contribution is 2.41. The summed E-state index contributed by atoms with van der Waals surface area (Å²) < 4.78 is 17.0. The van der Waals surface area contributed by atoms with E-state index < -0.39 is 16.5 Å². The van der Waals surface area contributed by atoms with E-state index in [0.29, 0.717) is 37.0 Å². The van der Waals surface area contributed by atoms with Crippen molar-refractivity contribution in [3.63, 3.8) is 0 Å². The number of fused-ring (bicyclic) bond motifs is 2. The predicted molar refractivity (Wildman–Crippen MR) is 177 cm³/mol. The number of thiophene rings is 2. The van der Waals surface area contributed by atoms with Gasteiger partial charge in [-0.1, -0.05) is 47.5 Å². The number of methoxy groups -OCH3 is 3. The lowest BCUT2D eigenvalue weighted by atomic mass is 10.2. The van der Waals surface area contributed by atoms with Crippen molar-refractivity contribution in [1.29, 1.82) is 0 Å². The molecule has 0 aliphatic heterocycles. The highest BCUT2D eigenvalue weighted by molar-refractivity contribution is 7.23. The number of hydrogen-bond donors (Lipinski definition) is 1. The van der Waals surface area contributed by atoms with Crippen LogP contribution in [0.25, 0.3) is 26.2 Å². The minimum absolute atomic E-state index is 0.359. The van der Waals surface area contributed by atoms with E-state index in [1.54, 1.807) is 45.6 Å². The van der Waals surface area contributed by atoms with Crippen molar-refractivity contribution in [2.24, 2.45) is 0 Å². The molecule has 3 aromatic carbocycles. The number of carboxylic acids is 1. The van der Waals surface area contributed by atoms with E-state index in [0.717, 1.165) is 31.8 Å². The lowest BCUT2D eigenvalue weighted by molar-refractivity contribution is -0.131. The van der Waals surface area contributed by atoms with Crippen LogP contribution >= 0.6 is 69.1 Å². The molecule has 0 aliphatic rings. The molecule has 13 heteroatoms. The average molecular weight is 700 g/mol. The normalized spacial score (nSPS) is 10.5. The van der Waals surface area contributed by atoms with E-state index in [2.05, 4.69) is 0 Å². The van der Waals surface area contributed by atoms with Gasteiger partial charge in [0.25, 0.3) is 10.5 Å². The fraction of sp³-hybridized carbons (Fsp3) is 0.100. The molecule has 2 aromatic heterocycles. The third kappa shape index (κ3) is 8.86. The molecule has 0 saturated heterocycles. The first-order valence-electron chi connectivity index (χ1n) is 12.0. The highest BCUT2D eigenvalue weighted by atomic mass is 35.5. The van der Waals surface area contributed by atoms with Crippen molar-refractivity contribution in [3.8, 4) is 17.2 Å². The molecule has 0 saturated carbocycles. The van der Waals surface area contributed by atoms with Crippen LogP contribution in [0, 0.1) is 0 Å². The maximum Gasteiger partial charge on any atom is 0.328 e. The van der Waals surface area contributed by atoms with Gasteiger partial charge in [-0.15, -0.1) is 22.7 Å². The number of hydrogen-bond acceptors (Lipinski definition) is 8. The standard InChI is InChI=1S/2C10H6Cl2O2S.C10H10O3/c1-14-5-2-3-7-6(4-5)8(11)9(15-7)10(12)13;1-14-6-4-2-3-5-7(11)9(10(12)13)15-8(5)6;1-13-9-4-2-3-8(7-9)5-6-10(11)12/h2*2-4H,1H3;2-7H,1H3,(H,11,12)/b;;6-5+. The van der Waals surface area contributed by atoms with Crippen molar-refractivity contribution in [2.75, 3.05) is 21.3 Å². The molecule has 0 fully saturated rings. The van der Waals surface area contributed by atoms with Crippen molar-refractivity contribution in [3.05, 3.63) is 92.1 Å². The number of aliphatic carboxylic acids is 1. The molecule has 5 aromatic rings. The van der Waals surface area contributed by atoms with Crippen molar-refractivity contribution >= 4 is 112 Å². The first-order chi connectivity index (χ1) is 20.5. The van der Waals surface area contributed by atoms with Crippen LogP contribution in [0.2, 0.25) is 10.0 Å². The van der Waals surface area contributed by atoms with Crippen molar-refractivity contribution < 1.29 is 33.7 Å². The van der Waals surface area contributed by atoms with Gasteiger partial charge in [0.1, 0.15) is 27.0 Å². The molecule has 0 amide bonds. The van der Waals surface area contributed by atoms with E-state index in [-0.39, 0.29) is 0 Å². The van der Waals surface area contributed by atoms with E-state index in [1.807, 2.05) is 36.4 Å². The Bertz CT molecular complexity index is 1810. The molecule has 0 spiro atoms. The summed E-state index contributed by atoms with van der Waals surface area (Å²) in [5, 5.41) is 9.70. The Morgan fingerprint density at radius 1 is 0.744 bits per heavy atom. The van der Waals surface area contributed by atoms with Crippen LogP contribution in [-0.2, 0) is 4.79 Å². The summed E-state index contributed by atoms with van der Waals surface area (Å²) in [5.41, 5.74) is 0.807. The lowest BCUT2D eigenvalue weighted by Gasteiger charge is -1.99. The van der Waals surface area contributed by atoms with Gasteiger partial charge in [-0.25, -0.2) is 4.79 Å². The van der Waals surface area contributed by atoms with Crippen molar-refractivity contribution in [1.82, 2.24) is 0 Å². The van der Waals surface area contributed by atoms with Gasteiger partial charge in [0.2, 0.25) is 0 Å². The fourth-order valence-corrected chi connectivity index (χ4v) is 6.83. The molecule has 224 valence electrons. The van der Waals surface area contributed by atoms with Crippen LogP contribution in [0.4, 0.5) is 0 Å². The van der Waals surface area contributed by atoms with Gasteiger partial charge in [-0.05, 0) is 71.2 Å². The molecular weight excluding hydrogens is 678 g/mol. The second-order valence-corrected chi connectivity index (χ2v) is 11.7. The monoisotopic (exact) mass is 698 g/mol. The lowest BCUT2D eigenvalue weighted by Crippen LogP contribution is -1.86. The largest absolute Gasteiger partial charge is 0.497 e. The first kappa shape index (κ1) is 34.2. The quantitative estimate of drug-likeness (QED) is 0.133. The van der Waals surface area contributed by atoms with Crippen LogP contribution in [-0.4, -0.2) is 42.9 Å². The number of ether oxygens (including phenoxy) is 3. The number of carboxylic acid groups (broad SMARTS) is 1. The Morgan fingerprint density at radius 3 is 1.95 bits per heavy atom. The van der Waals surface area contributed by atoms with E-state index >= 15 is 0 Å². The van der Waals surface area contributed by atoms with Gasteiger partial charge in [0, 0.05) is 21.5 Å². The summed E-state index contributed by atoms with van der Waals surface area (Å²) >= 11 is 25.4. The van der Waals surface area contributed by atoms with Crippen LogP contribution < -0.4 is 14.2 Å². The van der Waals surface area contributed by atoms with E-state index in [1.165, 1.54) is 28.7 Å². The maximum atomic E-state index is 11.1. The second kappa shape index (κ2) is 16.0. The van der Waals surface area contributed by atoms with Gasteiger partial charge in [-0.3, -0.25) is 9.59 Å². The summed E-state index contributed by atoms with van der Waals surface area (Å²) in [4.78, 5) is 33.1. The summed E-state index contributed by atoms with van der Waals surface area (Å²) in [6.07, 6.45) is 2.61. The molecule has 43 heavy (non-hydrogen) atoms. The Balaban J connectivity index is 0.000000177. The molecule has 5 rings (SSSR count). The number of carbonyl (C=O) groups is 3. The maximum absolute atomic E-state index is 11.1. The number of rotatable bonds is 7. The first-order valence-corrected chi connectivity index (χ1v) is 15.1. The molecule has 0 atom stereocenters. The minimum atomic E-state index is -0.956. The Hall–Kier alpha value is -3.31. The predicted octanol–water partition coefficient (Wildman–Crippen LogP) is 9.68. The summed E-state index contributed by atoms with van der Waals surface area (Å²) in [7, 11) is 4.72. The van der Waals surface area contributed by atoms with Gasteiger partial charge < -0.3 is 19.3 Å². The van der Waals surface area contributed by atoms with Crippen LogP contribution in [0.3, 0.4) is 0 Å². The van der Waals surface area contributed by atoms with Gasteiger partial charge in [-0.2, -0.15) is 0 Å². The summed E-state index contributed by atoms with van der Waals surface area (Å²) in [5.74, 6) is 1.16. The topological polar surface area (TPSA) is 99.1 Å². The molecule has 7 nitrogen and oxygen atoms in total. The SMILES string of the molecule is COc1ccc2sc(C(=O)Cl)c(Cl)c2c1.COc1cccc(/C=C/C(=O)O)c1.COc1cccc2c(Cl)c(C(=O)Cl)sc12. The third-order valence-corrected chi connectivity index (χ3v) is 9.54. The molecule has 0 unspecified atom stereocenters. The zero-order chi connectivity index (χ0) is 31.7. The van der Waals surface area contributed by atoms with E-state index in [4.69, 9.17) is 65.7 Å². The molecule has 0 aliphatic carbocycles. The molecule has 0 bridgehead atoms. The molecule has 0 radical (unpaired) electrons. The zero-order valence-electron chi connectivity index (χ0n) is 22.7. The fourth-order valence-electron chi connectivity index (χ4n) is 3.56. The zero-order valence-corrected chi connectivity index (χ0v) is 27.3. The second-order valence-electron chi connectivity index (χ2n) is 8.18. The van der Waals surface area contributed by atoms with Gasteiger partial charge in [0.05, 0.1) is 36.1 Å². The minimum Gasteiger partial charge on any atom is -0.497 e. The Kier molecular flexibility index (Phi) is 12.7. The summed E-state index contributed by atoms with van der Waals surface area (Å²) in [6, 6.07) is 18.1. The molecule has 1 N–H and O–H groups in total. The van der Waals surface area contributed by atoms with Gasteiger partial charge in [0.15, 0.2) is 0 Å². The number of carbonyl (C=O) groups excluding carboxylic acids is 2. The van der Waals surface area contributed by atoms with Crippen LogP contribution in [0.5, 0.6) is 17.2 Å². The number of halogens is 4. The average Bonchev–Trinajstić information content (AvgIpc) is 3.53. The number of benzene rings is 3. The van der Waals surface area contributed by atoms with Gasteiger partial charge >= 0.3 is 5.97 Å². The van der Waals surface area contributed by atoms with Crippen LogP contribution in [0.1, 0.15) is 24.9 Å². The highest BCUT2D eigenvalue weighted by Gasteiger charge is 2.17. The Morgan fingerprint density at radius 2 is 1.35 bits per heavy atom. The summed E-state index contributed by atoms with van der Waals surface area (Å²) in [6.45, 7) is 0. The smallest absolute Gasteiger partial charge is 0.328 e. The molecule has 2 heterocycles. The van der Waals surface area contributed by atoms with Crippen molar-refractivity contribution in [2.45, 2.75) is 0 Å². The van der Waals surface area contributed by atoms with E-state index in [9.17, 15) is 14.4 Å². The molecular formula is C30H22Cl4O7S2. The Labute approximate surface area is 274 Å². The van der Waals surface area contributed by atoms with Crippen LogP contribution in [0.15, 0.2) is 66.7 Å². The third-order valence-electron chi connectivity index (χ3n) is 5.54.